The first-order valence-electron chi connectivity index (χ1n) is 13.7. The number of amides is 2. The highest BCUT2D eigenvalue weighted by atomic mass is 79.9. The average molecular weight is 643 g/mol. The molecule has 10 heteroatoms. The fraction of sp³-hybridized carbons (Fsp3) is 0.355. The first kappa shape index (κ1) is 30.6. The zero-order chi connectivity index (χ0) is 29.4. The number of anilines is 1. The van der Waals surface area contributed by atoms with Crippen molar-refractivity contribution in [3.63, 3.8) is 0 Å². The molecule has 3 aromatic rings. The molecule has 0 aromatic heterocycles. The Bertz CT molecular complexity index is 1430. The molecule has 1 fully saturated rings. The Morgan fingerprint density at radius 3 is 2.27 bits per heavy atom. The summed E-state index contributed by atoms with van der Waals surface area (Å²) in [6, 6.07) is 23.1. The monoisotopic (exact) mass is 641 g/mol. The minimum absolute atomic E-state index is 0.0999. The molecule has 3 aromatic carbocycles. The number of hydrogen-bond donors (Lipinski definition) is 1. The topological polar surface area (TPSA) is 96.0 Å². The summed E-state index contributed by atoms with van der Waals surface area (Å²) in [6.07, 6.45) is 5.05. The van der Waals surface area contributed by atoms with Crippen molar-refractivity contribution >= 4 is 43.5 Å². The fourth-order valence-corrected chi connectivity index (χ4v) is 6.17. The van der Waals surface area contributed by atoms with E-state index in [1.165, 1.54) is 4.90 Å². The van der Waals surface area contributed by atoms with Crippen LogP contribution in [-0.2, 0) is 32.8 Å². The van der Waals surface area contributed by atoms with Gasteiger partial charge >= 0.3 is 0 Å². The molecule has 0 aliphatic heterocycles. The summed E-state index contributed by atoms with van der Waals surface area (Å²) in [5.41, 5.74) is 2.16. The molecule has 0 radical (unpaired) electrons. The summed E-state index contributed by atoms with van der Waals surface area (Å²) in [7, 11) is -3.82. The molecule has 0 spiro atoms. The van der Waals surface area contributed by atoms with E-state index in [4.69, 9.17) is 4.74 Å². The minimum atomic E-state index is -3.82. The van der Waals surface area contributed by atoms with Crippen LogP contribution >= 0.6 is 15.9 Å². The van der Waals surface area contributed by atoms with Crippen molar-refractivity contribution in [2.75, 3.05) is 17.1 Å². The number of benzene rings is 3. The zero-order valence-electron chi connectivity index (χ0n) is 23.3. The second kappa shape index (κ2) is 14.0. The van der Waals surface area contributed by atoms with Gasteiger partial charge in [-0.05, 0) is 67.3 Å². The van der Waals surface area contributed by atoms with Gasteiger partial charge < -0.3 is 15.0 Å². The van der Waals surface area contributed by atoms with Crippen LogP contribution in [0.2, 0.25) is 0 Å². The Morgan fingerprint density at radius 2 is 1.63 bits per heavy atom. The van der Waals surface area contributed by atoms with Crippen molar-refractivity contribution in [1.29, 1.82) is 0 Å². The molecule has 1 saturated carbocycles. The number of sulfonamides is 1. The summed E-state index contributed by atoms with van der Waals surface area (Å²) in [5.74, 6) is -0.147. The van der Waals surface area contributed by atoms with E-state index in [1.54, 1.807) is 31.2 Å². The third-order valence-corrected chi connectivity index (χ3v) is 8.80. The molecule has 1 atom stereocenters. The second-order valence-electron chi connectivity index (χ2n) is 10.4. The first-order chi connectivity index (χ1) is 19.6. The number of hydrogen-bond acceptors (Lipinski definition) is 5. The Morgan fingerprint density at radius 1 is 0.976 bits per heavy atom. The van der Waals surface area contributed by atoms with Gasteiger partial charge in [-0.2, -0.15) is 0 Å². The van der Waals surface area contributed by atoms with E-state index in [-0.39, 0.29) is 18.5 Å². The van der Waals surface area contributed by atoms with Gasteiger partial charge in [0, 0.05) is 17.1 Å². The molecule has 2 amide bonds. The van der Waals surface area contributed by atoms with Crippen molar-refractivity contribution in [3.8, 4) is 5.75 Å². The molecule has 41 heavy (non-hydrogen) atoms. The van der Waals surface area contributed by atoms with Gasteiger partial charge in [-0.25, -0.2) is 8.42 Å². The fourth-order valence-electron chi connectivity index (χ4n) is 4.87. The van der Waals surface area contributed by atoms with Gasteiger partial charge in [-0.1, -0.05) is 71.2 Å². The zero-order valence-corrected chi connectivity index (χ0v) is 25.7. The smallest absolute Gasteiger partial charge is 0.244 e. The molecule has 218 valence electrons. The molecule has 8 nitrogen and oxygen atoms in total. The highest BCUT2D eigenvalue weighted by Gasteiger charge is 2.31. The van der Waals surface area contributed by atoms with E-state index in [0.29, 0.717) is 18.0 Å². The highest BCUT2D eigenvalue weighted by molar-refractivity contribution is 9.10. The maximum Gasteiger partial charge on any atom is 0.244 e. The molecule has 1 aliphatic carbocycles. The van der Waals surface area contributed by atoms with Crippen LogP contribution in [0.3, 0.4) is 0 Å². The van der Waals surface area contributed by atoms with Crippen LogP contribution < -0.4 is 14.4 Å². The van der Waals surface area contributed by atoms with Crippen molar-refractivity contribution < 1.29 is 22.7 Å². The van der Waals surface area contributed by atoms with Crippen molar-refractivity contribution in [1.82, 2.24) is 10.2 Å². The largest absolute Gasteiger partial charge is 0.489 e. The highest BCUT2D eigenvalue weighted by Crippen LogP contribution is 2.24. The van der Waals surface area contributed by atoms with E-state index in [0.717, 1.165) is 51.8 Å². The number of nitrogens with zero attached hydrogens (tertiary/aromatic N) is 2. The standard InChI is InChI=1S/C31H36BrN3O5S/c1-23(31(37)33-27-13-6-7-14-27)34(20-25-11-8-12-26(32)19-25)30(36)21-35(41(2,38)39)28-15-17-29(18-16-28)40-22-24-9-4-3-5-10-24/h3-5,8-12,15-19,23,27H,6-7,13-14,20-22H2,1-2H3,(H,33,37). The number of carbonyl (C=O) groups is 2. The van der Waals surface area contributed by atoms with Gasteiger partial charge in [0.1, 0.15) is 24.9 Å². The number of nitrogens with one attached hydrogen (secondary N) is 1. The lowest BCUT2D eigenvalue weighted by Crippen LogP contribution is -2.52. The van der Waals surface area contributed by atoms with Gasteiger partial charge in [0.25, 0.3) is 0 Å². The lowest BCUT2D eigenvalue weighted by Gasteiger charge is -2.32. The van der Waals surface area contributed by atoms with Gasteiger partial charge in [-0.15, -0.1) is 0 Å². The maximum atomic E-state index is 13.8. The third kappa shape index (κ3) is 8.81. The van der Waals surface area contributed by atoms with E-state index >= 15 is 0 Å². The number of rotatable bonds is 12. The Balaban J connectivity index is 1.52. The summed E-state index contributed by atoms with van der Waals surface area (Å²) in [4.78, 5) is 28.4. The van der Waals surface area contributed by atoms with Crippen LogP contribution in [0.4, 0.5) is 5.69 Å². The summed E-state index contributed by atoms with van der Waals surface area (Å²) in [5, 5.41) is 3.07. The third-order valence-electron chi connectivity index (χ3n) is 7.16. The first-order valence-corrected chi connectivity index (χ1v) is 16.3. The molecule has 0 heterocycles. The maximum absolute atomic E-state index is 13.8. The van der Waals surface area contributed by atoms with Crippen LogP contribution in [0.25, 0.3) is 0 Å². The summed E-state index contributed by atoms with van der Waals surface area (Å²) >= 11 is 3.46. The lowest BCUT2D eigenvalue weighted by atomic mass is 10.1. The van der Waals surface area contributed by atoms with Crippen LogP contribution in [0, 0.1) is 0 Å². The summed E-state index contributed by atoms with van der Waals surface area (Å²) < 4.78 is 33.5. The van der Waals surface area contributed by atoms with Gasteiger partial charge in [0.2, 0.25) is 21.8 Å². The SMILES string of the molecule is CC(C(=O)NC1CCCC1)N(Cc1cccc(Br)c1)C(=O)CN(c1ccc(OCc2ccccc2)cc1)S(C)(=O)=O. The average Bonchev–Trinajstić information content (AvgIpc) is 3.46. The van der Waals surface area contributed by atoms with Crippen LogP contribution in [0.5, 0.6) is 5.75 Å². The van der Waals surface area contributed by atoms with Crippen LogP contribution in [0.15, 0.2) is 83.3 Å². The minimum Gasteiger partial charge on any atom is -0.489 e. The van der Waals surface area contributed by atoms with Gasteiger partial charge in [-0.3, -0.25) is 13.9 Å². The number of carbonyl (C=O) groups excluding carboxylic acids is 2. The van der Waals surface area contributed by atoms with Crippen molar-refractivity contribution in [2.24, 2.45) is 0 Å². The normalized spacial score (nSPS) is 14.3. The Labute approximate surface area is 250 Å². The van der Waals surface area contributed by atoms with E-state index in [1.807, 2.05) is 54.6 Å². The van der Waals surface area contributed by atoms with E-state index in [9.17, 15) is 18.0 Å². The van der Waals surface area contributed by atoms with E-state index < -0.39 is 28.5 Å². The summed E-state index contributed by atoms with van der Waals surface area (Å²) in [6.45, 7) is 1.77. The number of ether oxygens (including phenoxy) is 1. The van der Waals surface area contributed by atoms with Gasteiger partial charge in [0.05, 0.1) is 11.9 Å². The second-order valence-corrected chi connectivity index (χ2v) is 13.2. The molecule has 1 unspecified atom stereocenters. The van der Waals surface area contributed by atoms with Crippen molar-refractivity contribution in [2.45, 2.75) is 57.8 Å². The molecular formula is C31H36BrN3O5S. The van der Waals surface area contributed by atoms with Crippen molar-refractivity contribution in [3.05, 3.63) is 94.5 Å². The van der Waals surface area contributed by atoms with Gasteiger partial charge in [0.15, 0.2) is 0 Å². The van der Waals surface area contributed by atoms with E-state index in [2.05, 4.69) is 21.2 Å². The number of halogens is 1. The molecular weight excluding hydrogens is 606 g/mol. The molecule has 0 bridgehead atoms. The Kier molecular flexibility index (Phi) is 10.4. The molecule has 1 N–H and O–H groups in total. The molecule has 4 rings (SSSR count). The molecule has 0 saturated heterocycles. The van der Waals surface area contributed by atoms with Crippen LogP contribution in [-0.4, -0.2) is 50.0 Å². The predicted octanol–water partition coefficient (Wildman–Crippen LogP) is 5.27. The Hall–Kier alpha value is -3.37. The molecule has 1 aliphatic rings. The quantitative estimate of drug-likeness (QED) is 0.291. The predicted molar refractivity (Wildman–Crippen MR) is 164 cm³/mol. The van der Waals surface area contributed by atoms with Crippen LogP contribution in [0.1, 0.15) is 43.7 Å². The lowest BCUT2D eigenvalue weighted by molar-refractivity contribution is -0.139.